The van der Waals surface area contributed by atoms with E-state index in [0.717, 1.165) is 31.9 Å². The molecule has 6 nitrogen and oxygen atoms in total. The van der Waals surface area contributed by atoms with Crippen LogP contribution in [0.1, 0.15) is 17.8 Å². The molecule has 0 spiro atoms. The van der Waals surface area contributed by atoms with Crippen LogP contribution in [0.5, 0.6) is 5.75 Å². The van der Waals surface area contributed by atoms with Gasteiger partial charge in [0.2, 0.25) is 10.0 Å². The molecule has 1 saturated heterocycles. The maximum atomic E-state index is 11.7. The summed E-state index contributed by atoms with van der Waals surface area (Å²) in [6, 6.07) is 12.1. The molecule has 0 radical (unpaired) electrons. The van der Waals surface area contributed by atoms with Crippen molar-refractivity contribution in [3.05, 3.63) is 46.7 Å². The number of sulfonamides is 1. The van der Waals surface area contributed by atoms with Gasteiger partial charge in [0.15, 0.2) is 0 Å². The van der Waals surface area contributed by atoms with Crippen molar-refractivity contribution in [3.63, 3.8) is 0 Å². The van der Waals surface area contributed by atoms with Crippen LogP contribution in [0.2, 0.25) is 0 Å². The number of rotatable bonds is 7. The quantitative estimate of drug-likeness (QED) is 0.762. The Bertz CT molecular complexity index is 814. The Balaban J connectivity index is 1.70. The van der Waals surface area contributed by atoms with E-state index in [2.05, 4.69) is 32.7 Å². The highest BCUT2D eigenvalue weighted by molar-refractivity contribution is 7.88. The Hall–Kier alpha value is -1.61. The molecule has 0 saturated carbocycles. The first-order valence-electron chi connectivity index (χ1n) is 9.01. The summed E-state index contributed by atoms with van der Waals surface area (Å²) in [4.78, 5) is 5.93. The summed E-state index contributed by atoms with van der Waals surface area (Å²) in [5.74, 6) is 0.857. The second kappa shape index (κ2) is 8.60. The lowest BCUT2D eigenvalue weighted by Gasteiger charge is -2.42. The third kappa shape index (κ3) is 5.22. The number of hydrogen-bond donors (Lipinski definition) is 1. The molecule has 3 rings (SSSR count). The van der Waals surface area contributed by atoms with Crippen molar-refractivity contribution in [1.29, 1.82) is 0 Å². The molecule has 2 heterocycles. The molecular weight excluding hydrogens is 382 g/mol. The molecule has 0 aliphatic carbocycles. The van der Waals surface area contributed by atoms with E-state index >= 15 is 0 Å². The monoisotopic (exact) mass is 409 g/mol. The van der Waals surface area contributed by atoms with Gasteiger partial charge < -0.3 is 9.64 Å². The van der Waals surface area contributed by atoms with Gasteiger partial charge in [0.25, 0.3) is 0 Å². The zero-order chi connectivity index (χ0) is 19.4. The van der Waals surface area contributed by atoms with Crippen LogP contribution >= 0.6 is 11.3 Å². The van der Waals surface area contributed by atoms with Crippen molar-refractivity contribution < 1.29 is 13.2 Å². The number of anilines is 1. The van der Waals surface area contributed by atoms with Crippen molar-refractivity contribution in [2.45, 2.75) is 19.0 Å². The summed E-state index contributed by atoms with van der Waals surface area (Å²) in [5.41, 5.74) is 1.19. The Kier molecular flexibility index (Phi) is 6.41. The number of nitrogens with one attached hydrogen (secondary N) is 1. The topological polar surface area (TPSA) is 61.9 Å². The van der Waals surface area contributed by atoms with Crippen LogP contribution in [0.25, 0.3) is 0 Å². The molecule has 148 valence electrons. The molecule has 1 N–H and O–H groups in total. The fraction of sp³-hybridized carbons (Fsp3) is 0.474. The molecule has 1 aliphatic heterocycles. The van der Waals surface area contributed by atoms with Crippen LogP contribution in [0, 0.1) is 0 Å². The van der Waals surface area contributed by atoms with Gasteiger partial charge in [-0.15, -0.1) is 11.3 Å². The largest absolute Gasteiger partial charge is 0.497 e. The van der Waals surface area contributed by atoms with Crippen LogP contribution in [0.4, 0.5) is 5.69 Å². The zero-order valence-electron chi connectivity index (χ0n) is 16.0. The van der Waals surface area contributed by atoms with Crippen LogP contribution in [-0.2, 0) is 10.0 Å². The van der Waals surface area contributed by atoms with Crippen LogP contribution in [0.15, 0.2) is 41.8 Å². The van der Waals surface area contributed by atoms with E-state index in [-0.39, 0.29) is 12.1 Å². The number of methoxy groups -OCH3 is 1. The minimum atomic E-state index is -3.25. The molecular formula is C19H27N3O3S2. The molecule has 1 aromatic heterocycles. The second-order valence-electron chi connectivity index (χ2n) is 6.86. The smallest absolute Gasteiger partial charge is 0.209 e. The minimum Gasteiger partial charge on any atom is -0.497 e. The predicted molar refractivity (Wildman–Crippen MR) is 111 cm³/mol. The SMILES string of the molecule is COc1ccc(N2CCN(C(c3cccs3)C(C)NS(C)(=O)=O)CC2)cc1. The van der Waals surface area contributed by atoms with Crippen molar-refractivity contribution in [2.24, 2.45) is 0 Å². The molecule has 2 aromatic rings. The average Bonchev–Trinajstić information content (AvgIpc) is 3.15. The van der Waals surface area contributed by atoms with Gasteiger partial charge in [-0.1, -0.05) is 6.07 Å². The third-order valence-electron chi connectivity index (χ3n) is 4.85. The Morgan fingerprint density at radius 1 is 1.11 bits per heavy atom. The lowest BCUT2D eigenvalue weighted by molar-refractivity contribution is 0.164. The van der Waals surface area contributed by atoms with Gasteiger partial charge in [0.05, 0.1) is 19.4 Å². The highest BCUT2D eigenvalue weighted by Gasteiger charge is 2.31. The maximum Gasteiger partial charge on any atom is 0.209 e. The third-order valence-corrected chi connectivity index (χ3v) is 6.60. The highest BCUT2D eigenvalue weighted by Crippen LogP contribution is 2.30. The summed E-state index contributed by atoms with van der Waals surface area (Å²) in [6.45, 7) is 5.51. The second-order valence-corrected chi connectivity index (χ2v) is 9.62. The average molecular weight is 410 g/mol. The number of benzene rings is 1. The van der Waals surface area contributed by atoms with E-state index in [4.69, 9.17) is 4.74 Å². The first-order chi connectivity index (χ1) is 12.9. The Morgan fingerprint density at radius 2 is 1.78 bits per heavy atom. The summed E-state index contributed by atoms with van der Waals surface area (Å²) < 4.78 is 31.5. The lowest BCUT2D eigenvalue weighted by atomic mass is 10.1. The zero-order valence-corrected chi connectivity index (χ0v) is 17.6. The molecule has 1 aromatic carbocycles. The predicted octanol–water partition coefficient (Wildman–Crippen LogP) is 2.56. The van der Waals surface area contributed by atoms with Gasteiger partial charge in [0, 0.05) is 42.8 Å². The van der Waals surface area contributed by atoms with Gasteiger partial charge in [-0.2, -0.15) is 0 Å². The number of thiophene rings is 1. The minimum absolute atomic E-state index is 0.0396. The Labute approximate surface area is 165 Å². The summed E-state index contributed by atoms with van der Waals surface area (Å²) in [7, 11) is -1.58. The van der Waals surface area contributed by atoms with Crippen molar-refractivity contribution >= 4 is 27.0 Å². The van der Waals surface area contributed by atoms with Gasteiger partial charge in [0.1, 0.15) is 5.75 Å². The molecule has 1 fully saturated rings. The normalized spacial score (nSPS) is 18.3. The molecule has 1 aliphatic rings. The molecule has 0 bridgehead atoms. The fourth-order valence-corrected chi connectivity index (χ4v) is 5.42. The van der Waals surface area contributed by atoms with Crippen LogP contribution < -0.4 is 14.4 Å². The van der Waals surface area contributed by atoms with E-state index < -0.39 is 10.0 Å². The van der Waals surface area contributed by atoms with Gasteiger partial charge >= 0.3 is 0 Å². The summed E-state index contributed by atoms with van der Waals surface area (Å²) >= 11 is 1.68. The van der Waals surface area contributed by atoms with Gasteiger partial charge in [-0.3, -0.25) is 4.90 Å². The van der Waals surface area contributed by atoms with E-state index in [1.54, 1.807) is 18.4 Å². The number of nitrogens with zero attached hydrogens (tertiary/aromatic N) is 2. The van der Waals surface area contributed by atoms with Crippen molar-refractivity contribution in [1.82, 2.24) is 9.62 Å². The molecule has 8 heteroatoms. The van der Waals surface area contributed by atoms with E-state index in [0.29, 0.717) is 0 Å². The molecule has 0 amide bonds. The van der Waals surface area contributed by atoms with Crippen LogP contribution in [-0.4, -0.2) is 58.9 Å². The fourth-order valence-electron chi connectivity index (χ4n) is 3.66. The number of piperazine rings is 1. The number of hydrogen-bond acceptors (Lipinski definition) is 6. The first-order valence-corrected chi connectivity index (χ1v) is 11.8. The Morgan fingerprint density at radius 3 is 2.30 bits per heavy atom. The van der Waals surface area contributed by atoms with Gasteiger partial charge in [-0.05, 0) is 42.6 Å². The van der Waals surface area contributed by atoms with Crippen LogP contribution in [0.3, 0.4) is 0 Å². The van der Waals surface area contributed by atoms with Gasteiger partial charge in [-0.25, -0.2) is 13.1 Å². The summed E-state index contributed by atoms with van der Waals surface area (Å²) in [6.07, 6.45) is 1.22. The number of ether oxygens (including phenoxy) is 1. The van der Waals surface area contributed by atoms with E-state index in [9.17, 15) is 8.42 Å². The van der Waals surface area contributed by atoms with E-state index in [1.807, 2.05) is 30.5 Å². The molecule has 2 atom stereocenters. The van der Waals surface area contributed by atoms with Crippen molar-refractivity contribution in [3.8, 4) is 5.75 Å². The maximum absolute atomic E-state index is 11.7. The van der Waals surface area contributed by atoms with E-state index in [1.165, 1.54) is 16.8 Å². The molecule has 2 unspecified atom stereocenters. The standard InChI is InChI=1S/C19H27N3O3S2/c1-15(20-27(3,23)24)19(18-5-4-14-26-18)22-12-10-21(11-13-22)16-6-8-17(25-2)9-7-16/h4-9,14-15,19-20H,10-13H2,1-3H3. The van der Waals surface area contributed by atoms with Crippen molar-refractivity contribution in [2.75, 3.05) is 44.4 Å². The first kappa shape index (κ1) is 20.1. The summed E-state index contributed by atoms with van der Waals surface area (Å²) in [5, 5.41) is 2.04. The highest BCUT2D eigenvalue weighted by atomic mass is 32.2. The molecule has 27 heavy (non-hydrogen) atoms. The lowest BCUT2D eigenvalue weighted by Crippen LogP contribution is -2.52.